The van der Waals surface area contributed by atoms with Gasteiger partial charge in [-0.15, -0.1) is 45.5 Å². The molecule has 1 fully saturated rings. The van der Waals surface area contributed by atoms with Gasteiger partial charge in [0.05, 0.1) is 19.8 Å². The van der Waals surface area contributed by atoms with Crippen LogP contribution >= 0.6 is 35.3 Å². The highest BCUT2D eigenvalue weighted by Crippen LogP contribution is 2.12. The Morgan fingerprint density at radius 3 is 2.73 bits per heavy atom. The number of halogens is 1. The summed E-state index contributed by atoms with van der Waals surface area (Å²) in [6, 6.07) is 0. The van der Waals surface area contributed by atoms with Crippen molar-refractivity contribution in [3.05, 3.63) is 27.7 Å². The number of aromatic nitrogens is 4. The maximum Gasteiger partial charge on any atom is 0.192 e. The number of hydrogen-bond acceptors (Lipinski definition) is 7. The van der Waals surface area contributed by atoms with E-state index in [1.165, 1.54) is 4.88 Å². The maximum atomic E-state index is 5.41. The fourth-order valence-electron chi connectivity index (χ4n) is 3.00. The van der Waals surface area contributed by atoms with Crippen LogP contribution in [0.3, 0.4) is 0 Å². The summed E-state index contributed by atoms with van der Waals surface area (Å²) in [5.74, 6) is 2.51. The predicted octanol–water partition coefficient (Wildman–Crippen LogP) is 1.72. The van der Waals surface area contributed by atoms with Crippen molar-refractivity contribution in [2.24, 2.45) is 12.0 Å². The molecule has 0 unspecified atom stereocenters. The summed E-state index contributed by atoms with van der Waals surface area (Å²) in [5, 5.41) is 16.2. The van der Waals surface area contributed by atoms with Crippen LogP contribution in [0.25, 0.3) is 0 Å². The number of nitrogens with zero attached hydrogens (tertiary/aromatic N) is 6. The molecule has 11 heteroatoms. The van der Waals surface area contributed by atoms with Gasteiger partial charge < -0.3 is 19.9 Å². The Hall–Kier alpha value is -1.31. The van der Waals surface area contributed by atoms with Crippen molar-refractivity contribution in [2.75, 3.05) is 39.4 Å². The number of morpholine rings is 1. The zero-order chi connectivity index (χ0) is 20.5. The third kappa shape index (κ3) is 7.75. The molecule has 3 heterocycles. The first-order valence-electron chi connectivity index (χ1n) is 10.3. The van der Waals surface area contributed by atoms with Gasteiger partial charge in [0.25, 0.3) is 0 Å². The average molecular weight is 548 g/mol. The van der Waals surface area contributed by atoms with Crippen LogP contribution in [0.5, 0.6) is 0 Å². The Kier molecular flexibility index (Phi) is 11.0. The minimum Gasteiger partial charge on any atom is -0.379 e. The van der Waals surface area contributed by atoms with Crippen LogP contribution in [0.1, 0.15) is 34.9 Å². The summed E-state index contributed by atoms with van der Waals surface area (Å²) in [5.41, 5.74) is 0. The van der Waals surface area contributed by atoms with Crippen molar-refractivity contribution in [1.82, 2.24) is 35.3 Å². The number of aliphatic imine (C=N–C) groups is 1. The summed E-state index contributed by atoms with van der Waals surface area (Å²) < 4.78 is 7.38. The van der Waals surface area contributed by atoms with Crippen molar-refractivity contribution < 1.29 is 4.74 Å². The van der Waals surface area contributed by atoms with Crippen molar-refractivity contribution in [3.63, 3.8) is 0 Å². The molecule has 30 heavy (non-hydrogen) atoms. The molecule has 0 aliphatic carbocycles. The molecular weight excluding hydrogens is 515 g/mol. The van der Waals surface area contributed by atoms with Crippen molar-refractivity contribution in [3.8, 4) is 0 Å². The second-order valence-electron chi connectivity index (χ2n) is 7.05. The highest BCUT2D eigenvalue weighted by atomic mass is 127. The zero-order valence-corrected chi connectivity index (χ0v) is 21.2. The summed E-state index contributed by atoms with van der Waals surface area (Å²) in [7, 11) is 1.96. The Bertz CT molecular complexity index is 787. The number of hydrogen-bond donors (Lipinski definition) is 2. The highest BCUT2D eigenvalue weighted by Gasteiger charge is 2.10. The standard InChI is InChI=1S/C19H32N8OS.HI/c1-4-16-12-21-18(29-16)14-23-19(22-13-17-25-24-15(2)26(17)3)20-6-5-7-27-8-10-28-11-9-27;/h12H,4-11,13-14H2,1-3H3,(H2,20,22,23);1H. The Balaban J connectivity index is 0.00000320. The minimum absolute atomic E-state index is 0. The van der Waals surface area contributed by atoms with E-state index < -0.39 is 0 Å². The van der Waals surface area contributed by atoms with Gasteiger partial charge in [-0.3, -0.25) is 4.90 Å². The third-order valence-corrected chi connectivity index (χ3v) is 6.11. The van der Waals surface area contributed by atoms with Gasteiger partial charge >= 0.3 is 0 Å². The van der Waals surface area contributed by atoms with Crippen LogP contribution < -0.4 is 10.6 Å². The van der Waals surface area contributed by atoms with Crippen LogP contribution in [0.2, 0.25) is 0 Å². The molecule has 0 radical (unpaired) electrons. The number of aryl methyl sites for hydroxylation is 2. The Labute approximate surface area is 199 Å². The average Bonchev–Trinajstić information content (AvgIpc) is 3.34. The molecular formula is C19H33IN8OS. The van der Waals surface area contributed by atoms with Crippen LogP contribution in [0.15, 0.2) is 11.2 Å². The van der Waals surface area contributed by atoms with E-state index in [-0.39, 0.29) is 24.0 Å². The molecule has 9 nitrogen and oxygen atoms in total. The third-order valence-electron chi connectivity index (χ3n) is 4.97. The van der Waals surface area contributed by atoms with E-state index in [9.17, 15) is 0 Å². The van der Waals surface area contributed by atoms with E-state index in [1.54, 1.807) is 11.3 Å². The maximum absolute atomic E-state index is 5.41. The van der Waals surface area contributed by atoms with E-state index in [2.05, 4.69) is 37.6 Å². The van der Waals surface area contributed by atoms with Crippen LogP contribution in [-0.4, -0.2) is 70.0 Å². The molecule has 1 saturated heterocycles. The second-order valence-corrected chi connectivity index (χ2v) is 8.25. The molecule has 0 atom stereocenters. The topological polar surface area (TPSA) is 92.5 Å². The van der Waals surface area contributed by atoms with Gasteiger partial charge in [-0.25, -0.2) is 9.98 Å². The molecule has 1 aliphatic rings. The van der Waals surface area contributed by atoms with Crippen molar-refractivity contribution in [1.29, 1.82) is 0 Å². The normalized spacial score (nSPS) is 15.1. The fraction of sp³-hybridized carbons (Fsp3) is 0.684. The van der Waals surface area contributed by atoms with Crippen molar-refractivity contribution >= 4 is 41.3 Å². The largest absolute Gasteiger partial charge is 0.379 e. The van der Waals surface area contributed by atoms with Crippen LogP contribution in [-0.2, 0) is 31.3 Å². The summed E-state index contributed by atoms with van der Waals surface area (Å²) in [6.45, 7) is 10.9. The predicted molar refractivity (Wildman–Crippen MR) is 131 cm³/mol. The van der Waals surface area contributed by atoms with E-state index in [0.717, 1.165) is 74.9 Å². The molecule has 2 aromatic rings. The smallest absolute Gasteiger partial charge is 0.192 e. The molecule has 168 valence electrons. The molecule has 3 rings (SSSR count). The van der Waals surface area contributed by atoms with E-state index in [4.69, 9.17) is 9.73 Å². The van der Waals surface area contributed by atoms with Crippen molar-refractivity contribution in [2.45, 2.75) is 39.8 Å². The lowest BCUT2D eigenvalue weighted by Crippen LogP contribution is -2.40. The quantitative estimate of drug-likeness (QED) is 0.214. The first-order valence-corrected chi connectivity index (χ1v) is 11.1. The van der Waals surface area contributed by atoms with Crippen LogP contribution in [0, 0.1) is 6.92 Å². The van der Waals surface area contributed by atoms with Gasteiger partial charge in [-0.05, 0) is 26.3 Å². The monoisotopic (exact) mass is 548 g/mol. The molecule has 1 aliphatic heterocycles. The number of ether oxygens (including phenoxy) is 1. The molecule has 0 aromatic carbocycles. The summed E-state index contributed by atoms with van der Waals surface area (Å²) >= 11 is 1.74. The molecule has 0 bridgehead atoms. The van der Waals surface area contributed by atoms with Crippen LogP contribution in [0.4, 0.5) is 0 Å². The number of rotatable bonds is 9. The summed E-state index contributed by atoms with van der Waals surface area (Å²) in [4.78, 5) is 12.9. The van der Waals surface area contributed by atoms with Gasteiger partial charge in [0, 0.05) is 37.8 Å². The lowest BCUT2D eigenvalue weighted by molar-refractivity contribution is 0.0376. The minimum atomic E-state index is 0. The molecule has 2 N–H and O–H groups in total. The molecule has 0 amide bonds. The second kappa shape index (κ2) is 13.2. The molecule has 2 aromatic heterocycles. The SMILES string of the molecule is CCc1cnc(CNC(=NCc2nnc(C)n2C)NCCCN2CCOCC2)s1.I. The Morgan fingerprint density at radius 2 is 2.07 bits per heavy atom. The van der Waals surface area contributed by atoms with E-state index in [0.29, 0.717) is 13.1 Å². The van der Waals surface area contributed by atoms with E-state index in [1.807, 2.05) is 24.7 Å². The summed E-state index contributed by atoms with van der Waals surface area (Å²) in [6.07, 6.45) is 4.03. The van der Waals surface area contributed by atoms with Gasteiger partial charge in [-0.2, -0.15) is 0 Å². The number of nitrogens with one attached hydrogen (secondary N) is 2. The highest BCUT2D eigenvalue weighted by molar-refractivity contribution is 14.0. The van der Waals surface area contributed by atoms with Gasteiger partial charge in [0.2, 0.25) is 0 Å². The van der Waals surface area contributed by atoms with Gasteiger partial charge in [0.1, 0.15) is 17.4 Å². The van der Waals surface area contributed by atoms with Gasteiger partial charge in [-0.1, -0.05) is 6.92 Å². The Morgan fingerprint density at radius 1 is 1.27 bits per heavy atom. The lowest BCUT2D eigenvalue weighted by atomic mass is 10.3. The first kappa shape index (κ1) is 25.0. The molecule has 0 spiro atoms. The fourth-order valence-corrected chi connectivity index (χ4v) is 3.80. The van der Waals surface area contributed by atoms with Gasteiger partial charge in [0.15, 0.2) is 11.8 Å². The van der Waals surface area contributed by atoms with E-state index >= 15 is 0 Å². The first-order chi connectivity index (χ1) is 14.2. The lowest BCUT2D eigenvalue weighted by Gasteiger charge is -2.26. The molecule has 0 saturated carbocycles. The number of thiazole rings is 1. The zero-order valence-electron chi connectivity index (χ0n) is 18.1. The number of guanidine groups is 1.